The zero-order valence-electron chi connectivity index (χ0n) is 7.20. The van der Waals surface area contributed by atoms with E-state index in [1.165, 1.54) is 0 Å². The van der Waals surface area contributed by atoms with E-state index in [0.29, 0.717) is 12.1 Å². The van der Waals surface area contributed by atoms with E-state index in [1.54, 1.807) is 4.68 Å². The summed E-state index contributed by atoms with van der Waals surface area (Å²) in [5.41, 5.74) is 5.66. The van der Waals surface area contributed by atoms with E-state index in [9.17, 15) is 0 Å². The zero-order valence-corrected chi connectivity index (χ0v) is 7.20. The molecular formula is C8H14N4. The molecular weight excluding hydrogens is 152 g/mol. The minimum Gasteiger partial charge on any atom is -0.366 e. The molecule has 0 bridgehead atoms. The van der Waals surface area contributed by atoms with Crippen LogP contribution < -0.4 is 11.1 Å². The fourth-order valence-electron chi connectivity index (χ4n) is 1.48. The predicted molar refractivity (Wildman–Crippen MR) is 47.8 cm³/mol. The number of hydrogen-bond acceptors (Lipinski definition) is 3. The average Bonchev–Trinajstić information content (AvgIpc) is 2.33. The summed E-state index contributed by atoms with van der Waals surface area (Å²) in [5, 5.41) is 7.54. The normalized spacial score (nSPS) is 28.2. The van der Waals surface area contributed by atoms with Gasteiger partial charge in [0.25, 0.3) is 0 Å². The molecule has 0 amide bonds. The van der Waals surface area contributed by atoms with Crippen molar-refractivity contribution in [1.29, 1.82) is 0 Å². The lowest BCUT2D eigenvalue weighted by molar-refractivity contribution is 0.372. The van der Waals surface area contributed by atoms with Gasteiger partial charge in [-0.2, -0.15) is 5.10 Å². The molecule has 0 aliphatic heterocycles. The molecule has 1 saturated carbocycles. The standard InChI is InChI=1S/C8H14N4/c1-12-3-2-8(11-12)10-7-4-6(9)5-7/h2-3,6-7H,4-5,9H2,1H3,(H,10,11). The first-order chi connectivity index (χ1) is 5.74. The number of aromatic nitrogens is 2. The molecule has 0 atom stereocenters. The Labute approximate surface area is 71.7 Å². The highest BCUT2D eigenvalue weighted by molar-refractivity contribution is 5.34. The zero-order chi connectivity index (χ0) is 8.55. The summed E-state index contributed by atoms with van der Waals surface area (Å²) in [4.78, 5) is 0. The van der Waals surface area contributed by atoms with Gasteiger partial charge in [-0.3, -0.25) is 4.68 Å². The van der Waals surface area contributed by atoms with Gasteiger partial charge < -0.3 is 11.1 Å². The summed E-state index contributed by atoms with van der Waals surface area (Å²) in [6.07, 6.45) is 4.06. The first-order valence-electron chi connectivity index (χ1n) is 4.26. The van der Waals surface area contributed by atoms with Crippen LogP contribution in [0.5, 0.6) is 0 Å². The third kappa shape index (κ3) is 1.43. The third-order valence-electron chi connectivity index (χ3n) is 2.24. The van der Waals surface area contributed by atoms with Crippen LogP contribution in [0.15, 0.2) is 12.3 Å². The van der Waals surface area contributed by atoms with Crippen LogP contribution in [0.3, 0.4) is 0 Å². The number of aryl methyl sites for hydroxylation is 1. The Morgan fingerprint density at radius 2 is 2.42 bits per heavy atom. The SMILES string of the molecule is Cn1ccc(NC2CC(N)C2)n1. The summed E-state index contributed by atoms with van der Waals surface area (Å²) in [7, 11) is 1.91. The number of rotatable bonds is 2. The fraction of sp³-hybridized carbons (Fsp3) is 0.625. The number of hydrogen-bond donors (Lipinski definition) is 2. The summed E-state index contributed by atoms with van der Waals surface area (Å²) in [6, 6.07) is 2.91. The van der Waals surface area contributed by atoms with Crippen molar-refractivity contribution < 1.29 is 0 Å². The van der Waals surface area contributed by atoms with Crippen LogP contribution in [0.25, 0.3) is 0 Å². The van der Waals surface area contributed by atoms with E-state index < -0.39 is 0 Å². The molecule has 66 valence electrons. The molecule has 0 spiro atoms. The Balaban J connectivity index is 1.88. The molecule has 0 aromatic carbocycles. The number of nitrogens with two attached hydrogens (primary N) is 1. The van der Waals surface area contributed by atoms with Gasteiger partial charge in [0.1, 0.15) is 5.82 Å². The molecule has 1 aliphatic rings. The van der Waals surface area contributed by atoms with Crippen LogP contribution in [0.2, 0.25) is 0 Å². The Bertz CT molecular complexity index is 262. The molecule has 0 radical (unpaired) electrons. The molecule has 4 heteroatoms. The minimum absolute atomic E-state index is 0.395. The highest BCUT2D eigenvalue weighted by Gasteiger charge is 2.25. The summed E-state index contributed by atoms with van der Waals surface area (Å²) in [6.45, 7) is 0. The third-order valence-corrected chi connectivity index (χ3v) is 2.24. The van der Waals surface area contributed by atoms with Crippen molar-refractivity contribution in [2.75, 3.05) is 5.32 Å². The number of nitrogens with one attached hydrogen (secondary N) is 1. The van der Waals surface area contributed by atoms with Gasteiger partial charge in [-0.05, 0) is 12.8 Å². The maximum absolute atomic E-state index is 5.66. The van der Waals surface area contributed by atoms with Gasteiger partial charge in [0.05, 0.1) is 0 Å². The van der Waals surface area contributed by atoms with Gasteiger partial charge >= 0.3 is 0 Å². The molecule has 1 aromatic rings. The number of nitrogens with zero attached hydrogens (tertiary/aromatic N) is 2. The summed E-state index contributed by atoms with van der Waals surface area (Å²) in [5.74, 6) is 0.953. The lowest BCUT2D eigenvalue weighted by Gasteiger charge is -2.32. The quantitative estimate of drug-likeness (QED) is 0.665. The minimum atomic E-state index is 0.395. The Morgan fingerprint density at radius 1 is 1.67 bits per heavy atom. The average molecular weight is 166 g/mol. The Morgan fingerprint density at radius 3 is 2.92 bits per heavy atom. The molecule has 0 saturated heterocycles. The van der Waals surface area contributed by atoms with Crippen LogP contribution in [-0.4, -0.2) is 21.9 Å². The van der Waals surface area contributed by atoms with Crippen molar-refractivity contribution in [3.63, 3.8) is 0 Å². The second-order valence-corrected chi connectivity index (χ2v) is 3.45. The van der Waals surface area contributed by atoms with Gasteiger partial charge in [0.2, 0.25) is 0 Å². The van der Waals surface area contributed by atoms with Crippen LogP contribution >= 0.6 is 0 Å². The first kappa shape index (κ1) is 7.61. The van der Waals surface area contributed by atoms with Gasteiger partial charge in [0.15, 0.2) is 0 Å². The van der Waals surface area contributed by atoms with Crippen LogP contribution in [-0.2, 0) is 7.05 Å². The Hall–Kier alpha value is -1.03. The Kier molecular flexibility index (Phi) is 1.77. The van der Waals surface area contributed by atoms with Crippen molar-refractivity contribution in [1.82, 2.24) is 9.78 Å². The van der Waals surface area contributed by atoms with E-state index in [1.807, 2.05) is 19.3 Å². The maximum Gasteiger partial charge on any atom is 0.148 e. The van der Waals surface area contributed by atoms with Crippen molar-refractivity contribution >= 4 is 5.82 Å². The molecule has 12 heavy (non-hydrogen) atoms. The van der Waals surface area contributed by atoms with Crippen molar-refractivity contribution in [3.8, 4) is 0 Å². The molecule has 0 unspecified atom stereocenters. The van der Waals surface area contributed by atoms with E-state index in [4.69, 9.17) is 5.73 Å². The molecule has 1 fully saturated rings. The molecule has 4 nitrogen and oxygen atoms in total. The lowest BCUT2D eigenvalue weighted by atomic mass is 9.88. The first-order valence-corrected chi connectivity index (χ1v) is 4.26. The van der Waals surface area contributed by atoms with Gasteiger partial charge in [-0.1, -0.05) is 0 Å². The highest BCUT2D eigenvalue weighted by atomic mass is 15.3. The molecule has 3 N–H and O–H groups in total. The largest absolute Gasteiger partial charge is 0.366 e. The van der Waals surface area contributed by atoms with Crippen LogP contribution in [0.1, 0.15) is 12.8 Å². The fourth-order valence-corrected chi connectivity index (χ4v) is 1.48. The molecule has 2 rings (SSSR count). The van der Waals surface area contributed by atoms with Crippen molar-refractivity contribution in [2.45, 2.75) is 24.9 Å². The van der Waals surface area contributed by atoms with E-state index >= 15 is 0 Å². The maximum atomic E-state index is 5.66. The van der Waals surface area contributed by atoms with E-state index in [2.05, 4.69) is 10.4 Å². The van der Waals surface area contributed by atoms with E-state index in [0.717, 1.165) is 18.7 Å². The highest BCUT2D eigenvalue weighted by Crippen LogP contribution is 2.21. The molecule has 1 aromatic heterocycles. The second kappa shape index (κ2) is 2.79. The molecule has 1 aliphatic carbocycles. The second-order valence-electron chi connectivity index (χ2n) is 3.45. The summed E-state index contributed by atoms with van der Waals surface area (Å²) >= 11 is 0. The van der Waals surface area contributed by atoms with Crippen molar-refractivity contribution in [2.24, 2.45) is 12.8 Å². The van der Waals surface area contributed by atoms with Crippen molar-refractivity contribution in [3.05, 3.63) is 12.3 Å². The molecule has 1 heterocycles. The van der Waals surface area contributed by atoms with Crippen LogP contribution in [0, 0.1) is 0 Å². The summed E-state index contributed by atoms with van der Waals surface area (Å²) < 4.78 is 1.79. The predicted octanol–water partition coefficient (Wildman–Crippen LogP) is 0.322. The topological polar surface area (TPSA) is 55.9 Å². The smallest absolute Gasteiger partial charge is 0.148 e. The monoisotopic (exact) mass is 166 g/mol. The van der Waals surface area contributed by atoms with Gasteiger partial charge in [0, 0.05) is 31.4 Å². The van der Waals surface area contributed by atoms with E-state index in [-0.39, 0.29) is 0 Å². The van der Waals surface area contributed by atoms with Crippen LogP contribution in [0.4, 0.5) is 5.82 Å². The lowest BCUT2D eigenvalue weighted by Crippen LogP contribution is -2.44. The van der Waals surface area contributed by atoms with Gasteiger partial charge in [-0.25, -0.2) is 0 Å². The van der Waals surface area contributed by atoms with Gasteiger partial charge in [-0.15, -0.1) is 0 Å². The number of anilines is 1.